The maximum Gasteiger partial charge on any atom is 0.108 e. The molecule has 1 aliphatic heterocycles. The highest BCUT2D eigenvalue weighted by Crippen LogP contribution is 2.32. The molecule has 0 saturated carbocycles. The molecule has 3 N–H and O–H groups in total. The van der Waals surface area contributed by atoms with E-state index in [-0.39, 0.29) is 0 Å². The lowest BCUT2D eigenvalue weighted by molar-refractivity contribution is 0.220. The summed E-state index contributed by atoms with van der Waals surface area (Å²) in [6.45, 7) is 1.09. The number of aliphatic hydroxyl groups excluding tert-OH is 1. The van der Waals surface area contributed by atoms with E-state index in [4.69, 9.17) is 5.73 Å². The van der Waals surface area contributed by atoms with Crippen molar-refractivity contribution in [1.82, 2.24) is 4.98 Å². The molecule has 2 aromatic rings. The van der Waals surface area contributed by atoms with Gasteiger partial charge in [-0.15, -0.1) is 0 Å². The van der Waals surface area contributed by atoms with Gasteiger partial charge in [0, 0.05) is 42.9 Å². The zero-order chi connectivity index (χ0) is 14.1. The highest BCUT2D eigenvalue weighted by molar-refractivity contribution is 5.58. The number of pyridine rings is 1. The van der Waals surface area contributed by atoms with Crippen LogP contribution in [-0.2, 0) is 6.42 Å². The summed E-state index contributed by atoms with van der Waals surface area (Å²) in [4.78, 5) is 6.30. The number of nitrogens with zero attached hydrogens (tertiary/aromatic N) is 2. The van der Waals surface area contributed by atoms with E-state index in [1.54, 1.807) is 18.5 Å². The van der Waals surface area contributed by atoms with Crippen molar-refractivity contribution in [2.45, 2.75) is 18.9 Å². The normalized spacial score (nSPS) is 15.8. The first kappa shape index (κ1) is 12.9. The molecule has 1 unspecified atom stereocenters. The highest BCUT2D eigenvalue weighted by Gasteiger charge is 2.18. The van der Waals surface area contributed by atoms with Gasteiger partial charge in [-0.25, -0.2) is 0 Å². The Labute approximate surface area is 118 Å². The molecule has 20 heavy (non-hydrogen) atoms. The van der Waals surface area contributed by atoms with Crippen molar-refractivity contribution in [2.24, 2.45) is 0 Å². The first-order valence-corrected chi connectivity index (χ1v) is 6.88. The zero-order valence-corrected chi connectivity index (χ0v) is 11.6. The first-order valence-electron chi connectivity index (χ1n) is 6.88. The molecule has 4 nitrogen and oxygen atoms in total. The Kier molecular flexibility index (Phi) is 3.32. The van der Waals surface area contributed by atoms with E-state index in [0.29, 0.717) is 11.3 Å². The molecular weight excluding hydrogens is 250 g/mol. The third-order valence-electron chi connectivity index (χ3n) is 3.95. The van der Waals surface area contributed by atoms with Crippen molar-refractivity contribution in [3.05, 3.63) is 53.3 Å². The number of hydrogen-bond acceptors (Lipinski definition) is 4. The number of benzene rings is 1. The van der Waals surface area contributed by atoms with Crippen LogP contribution in [0.25, 0.3) is 0 Å². The maximum atomic E-state index is 10.5. The fourth-order valence-electron chi connectivity index (χ4n) is 2.80. The lowest BCUT2D eigenvalue weighted by Crippen LogP contribution is -2.24. The number of nitrogen functional groups attached to an aromatic ring is 1. The first-order chi connectivity index (χ1) is 9.66. The Balaban J connectivity index is 1.97. The average molecular weight is 269 g/mol. The number of aryl methyl sites for hydroxylation is 1. The maximum absolute atomic E-state index is 10.5. The molecule has 0 saturated heterocycles. The fraction of sp³-hybridized carbons (Fsp3) is 0.312. The molecule has 0 radical (unpaired) electrons. The van der Waals surface area contributed by atoms with E-state index in [0.717, 1.165) is 24.9 Å². The van der Waals surface area contributed by atoms with Crippen LogP contribution in [0.4, 0.5) is 11.4 Å². The highest BCUT2D eigenvalue weighted by atomic mass is 16.3. The van der Waals surface area contributed by atoms with E-state index in [2.05, 4.69) is 29.1 Å². The number of nitrogens with two attached hydrogens (primary N) is 1. The minimum atomic E-state index is -0.721. The minimum Gasteiger partial charge on any atom is -0.398 e. The Bertz CT molecular complexity index is 627. The van der Waals surface area contributed by atoms with E-state index in [1.165, 1.54) is 11.3 Å². The predicted octanol–water partition coefficient (Wildman–Crippen LogP) is 2.13. The van der Waals surface area contributed by atoms with Gasteiger partial charge in [0.2, 0.25) is 0 Å². The third-order valence-corrected chi connectivity index (χ3v) is 3.95. The number of hydrogen-bond donors (Lipinski definition) is 2. The fourth-order valence-corrected chi connectivity index (χ4v) is 2.80. The van der Waals surface area contributed by atoms with Gasteiger partial charge < -0.3 is 15.7 Å². The molecule has 2 heterocycles. The Morgan fingerprint density at radius 3 is 3.00 bits per heavy atom. The second-order valence-corrected chi connectivity index (χ2v) is 5.32. The summed E-state index contributed by atoms with van der Waals surface area (Å²) in [5, 5.41) is 10.5. The van der Waals surface area contributed by atoms with Gasteiger partial charge in [-0.3, -0.25) is 4.98 Å². The molecule has 1 aromatic carbocycles. The molecule has 1 aliphatic rings. The molecule has 0 amide bonds. The van der Waals surface area contributed by atoms with Crippen LogP contribution in [0.1, 0.15) is 29.2 Å². The van der Waals surface area contributed by atoms with Crippen molar-refractivity contribution in [3.63, 3.8) is 0 Å². The molecule has 3 rings (SSSR count). The van der Waals surface area contributed by atoms with Gasteiger partial charge in [0.25, 0.3) is 0 Å². The van der Waals surface area contributed by atoms with Crippen LogP contribution in [0.15, 0.2) is 36.7 Å². The topological polar surface area (TPSA) is 62.4 Å². The summed E-state index contributed by atoms with van der Waals surface area (Å²) >= 11 is 0. The van der Waals surface area contributed by atoms with E-state index in [9.17, 15) is 5.11 Å². The van der Waals surface area contributed by atoms with E-state index < -0.39 is 6.10 Å². The number of anilines is 2. The van der Waals surface area contributed by atoms with Crippen LogP contribution < -0.4 is 10.6 Å². The summed E-state index contributed by atoms with van der Waals surface area (Å²) in [7, 11) is 2.10. The molecular formula is C16H19N3O. The molecule has 1 aromatic heterocycles. The van der Waals surface area contributed by atoms with Crippen LogP contribution in [0, 0.1) is 0 Å². The standard InChI is InChI=1S/C16H19N3O/c1-19-8-2-3-11-9-12(4-5-15(11)19)16(20)13-10-18-7-6-14(13)17/h4-7,9-10,16,20H,2-3,8H2,1H3,(H2,17,18). The average Bonchev–Trinajstić information content (AvgIpc) is 2.47. The zero-order valence-electron chi connectivity index (χ0n) is 11.6. The molecule has 104 valence electrons. The monoisotopic (exact) mass is 269 g/mol. The summed E-state index contributed by atoms with van der Waals surface area (Å²) in [6, 6.07) is 7.85. The van der Waals surface area contributed by atoms with Crippen LogP contribution in [0.5, 0.6) is 0 Å². The Morgan fingerprint density at radius 2 is 2.20 bits per heavy atom. The van der Waals surface area contributed by atoms with Gasteiger partial charge in [-0.1, -0.05) is 12.1 Å². The Morgan fingerprint density at radius 1 is 1.35 bits per heavy atom. The second kappa shape index (κ2) is 5.13. The third kappa shape index (κ3) is 2.23. The number of rotatable bonds is 2. The molecule has 0 spiro atoms. The molecule has 0 aliphatic carbocycles. The van der Waals surface area contributed by atoms with Crippen molar-refractivity contribution in [3.8, 4) is 0 Å². The van der Waals surface area contributed by atoms with E-state index >= 15 is 0 Å². The molecule has 0 bridgehead atoms. The molecule has 4 heteroatoms. The summed E-state index contributed by atoms with van der Waals surface area (Å²) < 4.78 is 0. The summed E-state index contributed by atoms with van der Waals surface area (Å²) in [5.41, 5.74) is 10.6. The van der Waals surface area contributed by atoms with Crippen molar-refractivity contribution in [2.75, 3.05) is 24.2 Å². The SMILES string of the molecule is CN1CCCc2cc(C(O)c3cnccc3N)ccc21. The quantitative estimate of drug-likeness (QED) is 0.876. The minimum absolute atomic E-state index is 0.572. The van der Waals surface area contributed by atoms with Gasteiger partial charge in [-0.05, 0) is 36.1 Å². The Hall–Kier alpha value is -2.07. The van der Waals surface area contributed by atoms with Crippen molar-refractivity contribution >= 4 is 11.4 Å². The second-order valence-electron chi connectivity index (χ2n) is 5.32. The van der Waals surface area contributed by atoms with Gasteiger partial charge in [0.05, 0.1) is 0 Å². The van der Waals surface area contributed by atoms with Crippen LogP contribution in [0.2, 0.25) is 0 Å². The van der Waals surface area contributed by atoms with Crippen LogP contribution in [-0.4, -0.2) is 23.7 Å². The van der Waals surface area contributed by atoms with Gasteiger partial charge >= 0.3 is 0 Å². The summed E-state index contributed by atoms with van der Waals surface area (Å²) in [5.74, 6) is 0. The molecule has 1 atom stereocenters. The lowest BCUT2D eigenvalue weighted by Gasteiger charge is -2.28. The summed E-state index contributed by atoms with van der Waals surface area (Å²) in [6.07, 6.45) is 4.75. The van der Waals surface area contributed by atoms with Crippen LogP contribution in [0.3, 0.4) is 0 Å². The van der Waals surface area contributed by atoms with Gasteiger partial charge in [0.15, 0.2) is 0 Å². The number of fused-ring (bicyclic) bond motifs is 1. The number of aromatic nitrogens is 1. The van der Waals surface area contributed by atoms with Crippen LogP contribution >= 0.6 is 0 Å². The van der Waals surface area contributed by atoms with E-state index in [1.807, 2.05) is 6.07 Å². The number of aliphatic hydroxyl groups is 1. The molecule has 0 fully saturated rings. The largest absolute Gasteiger partial charge is 0.398 e. The lowest BCUT2D eigenvalue weighted by atomic mass is 9.95. The predicted molar refractivity (Wildman–Crippen MR) is 80.7 cm³/mol. The van der Waals surface area contributed by atoms with Gasteiger partial charge in [0.1, 0.15) is 6.10 Å². The smallest absolute Gasteiger partial charge is 0.108 e. The van der Waals surface area contributed by atoms with Crippen molar-refractivity contribution < 1.29 is 5.11 Å². The van der Waals surface area contributed by atoms with Gasteiger partial charge in [-0.2, -0.15) is 0 Å². The van der Waals surface area contributed by atoms with Crippen molar-refractivity contribution in [1.29, 1.82) is 0 Å².